The van der Waals surface area contributed by atoms with E-state index in [-0.39, 0.29) is 5.82 Å². The number of thioether (sulfide) groups is 1. The van der Waals surface area contributed by atoms with Gasteiger partial charge in [-0.05, 0) is 30.5 Å². The molecule has 0 fully saturated rings. The molecule has 0 saturated heterocycles. The highest BCUT2D eigenvalue weighted by Gasteiger charge is 2.21. The highest BCUT2D eigenvalue weighted by atomic mass is 32.2. The van der Waals surface area contributed by atoms with Crippen molar-refractivity contribution >= 4 is 22.6 Å². The third-order valence-electron chi connectivity index (χ3n) is 2.81. The van der Waals surface area contributed by atoms with Gasteiger partial charge >= 0.3 is 0 Å². The minimum absolute atomic E-state index is 0.221. The van der Waals surface area contributed by atoms with Crippen molar-refractivity contribution in [1.29, 1.82) is 0 Å². The number of aliphatic imine (C=N–C) groups is 1. The van der Waals surface area contributed by atoms with Gasteiger partial charge in [-0.1, -0.05) is 31.7 Å². The lowest BCUT2D eigenvalue weighted by Crippen LogP contribution is -2.12. The molecule has 0 amide bonds. The van der Waals surface area contributed by atoms with Crippen molar-refractivity contribution in [2.75, 3.05) is 11.1 Å². The van der Waals surface area contributed by atoms with Crippen LogP contribution >= 0.6 is 11.8 Å². The average molecular weight is 252 g/mol. The molecule has 1 atom stereocenters. The number of benzene rings is 1. The Morgan fingerprint density at radius 2 is 2.24 bits per heavy atom. The molecule has 0 aromatic heterocycles. The standard InChI is InChI=1S/C13H17FN2S/c1-8(2)12-7-17-13(16-12)15-11-5-4-9(3)6-10(11)14/h4-6,8,12H,7H2,1-3H3,(H,15,16). The molecule has 0 radical (unpaired) electrons. The number of nitrogens with one attached hydrogen (secondary N) is 1. The van der Waals surface area contributed by atoms with Crippen LogP contribution in [0.15, 0.2) is 23.2 Å². The summed E-state index contributed by atoms with van der Waals surface area (Å²) in [5, 5.41) is 3.88. The summed E-state index contributed by atoms with van der Waals surface area (Å²) in [5.41, 5.74) is 1.43. The Morgan fingerprint density at radius 3 is 2.82 bits per heavy atom. The highest BCUT2D eigenvalue weighted by molar-refractivity contribution is 8.14. The summed E-state index contributed by atoms with van der Waals surface area (Å²) in [6.07, 6.45) is 0. The van der Waals surface area contributed by atoms with Gasteiger partial charge in [0.15, 0.2) is 5.17 Å². The summed E-state index contributed by atoms with van der Waals surface area (Å²) in [6, 6.07) is 5.53. The van der Waals surface area contributed by atoms with Crippen LogP contribution in [0.5, 0.6) is 0 Å². The molecule has 17 heavy (non-hydrogen) atoms. The summed E-state index contributed by atoms with van der Waals surface area (Å²) in [4.78, 5) is 4.55. The van der Waals surface area contributed by atoms with Gasteiger partial charge in [0.05, 0.1) is 11.7 Å². The van der Waals surface area contributed by atoms with Gasteiger partial charge in [-0.3, -0.25) is 4.99 Å². The quantitative estimate of drug-likeness (QED) is 0.868. The van der Waals surface area contributed by atoms with Gasteiger partial charge in [-0.2, -0.15) is 0 Å². The van der Waals surface area contributed by atoms with Gasteiger partial charge in [0.2, 0.25) is 0 Å². The molecule has 1 aromatic carbocycles. The van der Waals surface area contributed by atoms with E-state index in [4.69, 9.17) is 0 Å². The van der Waals surface area contributed by atoms with E-state index in [1.165, 1.54) is 6.07 Å². The first-order valence-corrected chi connectivity index (χ1v) is 6.78. The summed E-state index contributed by atoms with van der Waals surface area (Å²) < 4.78 is 13.6. The van der Waals surface area contributed by atoms with Crippen LogP contribution < -0.4 is 5.32 Å². The number of aryl methyl sites for hydroxylation is 1. The average Bonchev–Trinajstić information content (AvgIpc) is 2.71. The fourth-order valence-electron chi connectivity index (χ4n) is 1.64. The maximum Gasteiger partial charge on any atom is 0.161 e. The Balaban J connectivity index is 2.09. The zero-order valence-electron chi connectivity index (χ0n) is 10.3. The van der Waals surface area contributed by atoms with Gasteiger partial charge in [-0.15, -0.1) is 0 Å². The SMILES string of the molecule is Cc1ccc(NC2=NC(C(C)C)CS2)c(F)c1. The topological polar surface area (TPSA) is 24.4 Å². The second kappa shape index (κ2) is 5.08. The lowest BCUT2D eigenvalue weighted by Gasteiger charge is -2.08. The van der Waals surface area contributed by atoms with Gasteiger partial charge in [0.25, 0.3) is 0 Å². The Labute approximate surface area is 106 Å². The van der Waals surface area contributed by atoms with Crippen LogP contribution in [0.3, 0.4) is 0 Å². The maximum atomic E-state index is 13.6. The molecule has 92 valence electrons. The van der Waals surface area contributed by atoms with Crippen LogP contribution in [-0.4, -0.2) is 17.0 Å². The number of hydrogen-bond acceptors (Lipinski definition) is 3. The number of nitrogens with zero attached hydrogens (tertiary/aromatic N) is 1. The monoisotopic (exact) mass is 252 g/mol. The van der Waals surface area contributed by atoms with Crippen molar-refractivity contribution in [1.82, 2.24) is 0 Å². The van der Waals surface area contributed by atoms with Gasteiger partial charge < -0.3 is 5.32 Å². The van der Waals surface area contributed by atoms with E-state index < -0.39 is 0 Å². The molecular weight excluding hydrogens is 235 g/mol. The third kappa shape index (κ3) is 3.00. The zero-order valence-corrected chi connectivity index (χ0v) is 11.1. The Hall–Kier alpha value is -1.03. The Kier molecular flexibility index (Phi) is 3.72. The molecule has 1 aliphatic heterocycles. The molecule has 1 heterocycles. The highest BCUT2D eigenvalue weighted by Crippen LogP contribution is 2.25. The first-order valence-electron chi connectivity index (χ1n) is 5.80. The first kappa shape index (κ1) is 12.4. The lowest BCUT2D eigenvalue weighted by molar-refractivity contribution is 0.543. The predicted molar refractivity (Wildman–Crippen MR) is 73.3 cm³/mol. The van der Waals surface area contributed by atoms with Crippen molar-refractivity contribution in [3.8, 4) is 0 Å². The van der Waals surface area contributed by atoms with Crippen LogP contribution in [0.4, 0.5) is 10.1 Å². The van der Waals surface area contributed by atoms with E-state index in [1.807, 2.05) is 13.0 Å². The van der Waals surface area contributed by atoms with Crippen molar-refractivity contribution in [3.05, 3.63) is 29.6 Å². The van der Waals surface area contributed by atoms with Crippen molar-refractivity contribution in [3.63, 3.8) is 0 Å². The maximum absolute atomic E-state index is 13.6. The zero-order chi connectivity index (χ0) is 12.4. The molecule has 0 spiro atoms. The second-order valence-corrected chi connectivity index (χ2v) is 5.67. The van der Waals surface area contributed by atoms with E-state index in [9.17, 15) is 4.39 Å². The Bertz CT molecular complexity index is 443. The molecule has 0 bridgehead atoms. The summed E-state index contributed by atoms with van der Waals surface area (Å²) in [6.45, 7) is 6.19. The van der Waals surface area contributed by atoms with E-state index in [0.29, 0.717) is 17.6 Å². The minimum atomic E-state index is -0.221. The van der Waals surface area contributed by atoms with Gasteiger partial charge in [-0.25, -0.2) is 4.39 Å². The lowest BCUT2D eigenvalue weighted by atomic mass is 10.1. The molecule has 0 saturated carbocycles. The molecule has 1 aliphatic rings. The predicted octanol–water partition coefficient (Wildman–Crippen LogP) is 3.67. The van der Waals surface area contributed by atoms with E-state index in [0.717, 1.165) is 16.5 Å². The number of anilines is 1. The molecular formula is C13H17FN2S. The van der Waals surface area contributed by atoms with Crippen LogP contribution in [0.2, 0.25) is 0 Å². The Morgan fingerprint density at radius 1 is 1.47 bits per heavy atom. The number of hydrogen-bond donors (Lipinski definition) is 1. The van der Waals surface area contributed by atoms with Crippen molar-refractivity contribution in [2.24, 2.45) is 10.9 Å². The first-order chi connectivity index (χ1) is 8.06. The molecule has 2 nitrogen and oxygen atoms in total. The fourth-order valence-corrected chi connectivity index (χ4v) is 2.82. The number of halogens is 1. The van der Waals surface area contributed by atoms with Gasteiger partial charge in [0, 0.05) is 5.75 Å². The molecule has 1 N–H and O–H groups in total. The molecule has 1 aromatic rings. The van der Waals surface area contributed by atoms with E-state index >= 15 is 0 Å². The van der Waals surface area contributed by atoms with Crippen molar-refractivity contribution in [2.45, 2.75) is 26.8 Å². The van der Waals surface area contributed by atoms with Crippen LogP contribution in [0.1, 0.15) is 19.4 Å². The summed E-state index contributed by atoms with van der Waals surface area (Å²) in [5.74, 6) is 1.29. The van der Waals surface area contributed by atoms with E-state index in [2.05, 4.69) is 24.2 Å². The van der Waals surface area contributed by atoms with Crippen LogP contribution in [0.25, 0.3) is 0 Å². The molecule has 0 aliphatic carbocycles. The summed E-state index contributed by atoms with van der Waals surface area (Å²) in [7, 11) is 0. The fraction of sp³-hybridized carbons (Fsp3) is 0.462. The smallest absolute Gasteiger partial charge is 0.161 e. The molecule has 1 unspecified atom stereocenters. The summed E-state index contributed by atoms with van der Waals surface area (Å²) >= 11 is 1.66. The number of rotatable bonds is 2. The minimum Gasteiger partial charge on any atom is -0.333 e. The molecule has 2 rings (SSSR count). The van der Waals surface area contributed by atoms with Crippen molar-refractivity contribution < 1.29 is 4.39 Å². The second-order valence-electron chi connectivity index (χ2n) is 4.66. The normalized spacial score (nSPS) is 19.6. The number of amidine groups is 1. The van der Waals surface area contributed by atoms with Crippen LogP contribution in [-0.2, 0) is 0 Å². The largest absolute Gasteiger partial charge is 0.333 e. The van der Waals surface area contributed by atoms with Crippen LogP contribution in [0, 0.1) is 18.7 Å². The van der Waals surface area contributed by atoms with E-state index in [1.54, 1.807) is 17.8 Å². The van der Waals surface area contributed by atoms with Gasteiger partial charge in [0.1, 0.15) is 5.82 Å². The third-order valence-corrected chi connectivity index (χ3v) is 3.80. The molecule has 4 heteroatoms.